The molecule has 0 saturated heterocycles. The van der Waals surface area contributed by atoms with Crippen LogP contribution in [0.1, 0.15) is 16.1 Å². The molecule has 1 amide bonds. The van der Waals surface area contributed by atoms with Gasteiger partial charge in [-0.1, -0.05) is 11.6 Å². The van der Waals surface area contributed by atoms with Crippen molar-refractivity contribution in [2.24, 2.45) is 0 Å². The van der Waals surface area contributed by atoms with Gasteiger partial charge in [-0.25, -0.2) is 4.98 Å². The third-order valence-electron chi connectivity index (χ3n) is 2.22. The Morgan fingerprint density at radius 1 is 1.29 bits per heavy atom. The summed E-state index contributed by atoms with van der Waals surface area (Å²) in [6, 6.07) is 6.66. The molecule has 2 rings (SSSR count). The molecule has 0 unspecified atom stereocenters. The van der Waals surface area contributed by atoms with Gasteiger partial charge in [0.25, 0.3) is 5.91 Å². The topological polar surface area (TPSA) is 54.9 Å². The molecule has 17 heavy (non-hydrogen) atoms. The molecule has 2 aromatic heterocycles. The molecule has 5 heteroatoms. The van der Waals surface area contributed by atoms with Gasteiger partial charge in [0.1, 0.15) is 5.82 Å². The highest BCUT2D eigenvalue weighted by atomic mass is 35.5. The van der Waals surface area contributed by atoms with Crippen LogP contribution in [-0.2, 0) is 0 Å². The van der Waals surface area contributed by atoms with Crippen molar-refractivity contribution in [1.29, 1.82) is 0 Å². The average molecular weight is 248 g/mol. The fourth-order valence-electron chi connectivity index (χ4n) is 1.38. The second-order valence-electron chi connectivity index (χ2n) is 3.45. The fourth-order valence-corrected chi connectivity index (χ4v) is 1.54. The van der Waals surface area contributed by atoms with Crippen molar-refractivity contribution < 1.29 is 4.79 Å². The first-order valence-corrected chi connectivity index (χ1v) is 5.39. The lowest BCUT2D eigenvalue weighted by Gasteiger charge is -2.06. The smallest absolute Gasteiger partial charge is 0.258 e. The number of aryl methyl sites for hydroxylation is 1. The van der Waals surface area contributed by atoms with Gasteiger partial charge in [0.05, 0.1) is 5.56 Å². The van der Waals surface area contributed by atoms with E-state index in [1.54, 1.807) is 37.4 Å². The Morgan fingerprint density at radius 2 is 2.12 bits per heavy atom. The van der Waals surface area contributed by atoms with Gasteiger partial charge >= 0.3 is 0 Å². The summed E-state index contributed by atoms with van der Waals surface area (Å²) in [5.74, 6) is 0.177. The third-order valence-corrected chi connectivity index (χ3v) is 2.45. The van der Waals surface area contributed by atoms with Gasteiger partial charge in [-0.15, -0.1) is 0 Å². The zero-order valence-electron chi connectivity index (χ0n) is 9.14. The molecular weight excluding hydrogens is 238 g/mol. The van der Waals surface area contributed by atoms with Crippen LogP contribution in [0.15, 0.2) is 36.7 Å². The van der Waals surface area contributed by atoms with Crippen LogP contribution in [0, 0.1) is 6.92 Å². The van der Waals surface area contributed by atoms with E-state index in [4.69, 9.17) is 11.6 Å². The first kappa shape index (κ1) is 11.5. The summed E-state index contributed by atoms with van der Waals surface area (Å²) >= 11 is 5.80. The Bertz CT molecular complexity index is 557. The van der Waals surface area contributed by atoms with Crippen LogP contribution in [0.4, 0.5) is 5.82 Å². The Hall–Kier alpha value is -1.94. The minimum absolute atomic E-state index is 0.245. The average Bonchev–Trinajstić information content (AvgIpc) is 2.29. The molecule has 0 fully saturated rings. The highest BCUT2D eigenvalue weighted by Crippen LogP contribution is 2.13. The summed E-state index contributed by atoms with van der Waals surface area (Å²) in [4.78, 5) is 20.0. The van der Waals surface area contributed by atoms with Gasteiger partial charge in [0, 0.05) is 23.1 Å². The van der Waals surface area contributed by atoms with Crippen LogP contribution in [0.5, 0.6) is 0 Å². The molecule has 2 heterocycles. The molecule has 0 atom stereocenters. The van der Waals surface area contributed by atoms with E-state index in [0.29, 0.717) is 22.1 Å². The largest absolute Gasteiger partial charge is 0.306 e. The summed E-state index contributed by atoms with van der Waals surface area (Å²) in [7, 11) is 0. The molecule has 86 valence electrons. The van der Waals surface area contributed by atoms with Crippen LogP contribution in [-0.4, -0.2) is 15.9 Å². The van der Waals surface area contributed by atoms with Crippen molar-refractivity contribution in [2.75, 3.05) is 5.32 Å². The van der Waals surface area contributed by atoms with Gasteiger partial charge in [-0.3, -0.25) is 9.78 Å². The lowest BCUT2D eigenvalue weighted by atomic mass is 10.2. The number of anilines is 1. The Labute approximate surface area is 104 Å². The van der Waals surface area contributed by atoms with Crippen molar-refractivity contribution in [3.05, 3.63) is 52.9 Å². The Morgan fingerprint density at radius 3 is 2.82 bits per heavy atom. The van der Waals surface area contributed by atoms with Crippen LogP contribution in [0.3, 0.4) is 0 Å². The molecule has 4 nitrogen and oxygen atoms in total. The van der Waals surface area contributed by atoms with E-state index < -0.39 is 0 Å². The van der Waals surface area contributed by atoms with E-state index in [2.05, 4.69) is 15.3 Å². The summed E-state index contributed by atoms with van der Waals surface area (Å²) in [5, 5.41) is 3.19. The van der Waals surface area contributed by atoms with Gasteiger partial charge < -0.3 is 5.32 Å². The maximum Gasteiger partial charge on any atom is 0.258 e. The first-order chi connectivity index (χ1) is 8.16. The fraction of sp³-hybridized carbons (Fsp3) is 0.0833. The maximum absolute atomic E-state index is 11.9. The summed E-state index contributed by atoms with van der Waals surface area (Å²) < 4.78 is 0. The van der Waals surface area contributed by atoms with E-state index in [-0.39, 0.29) is 5.91 Å². The Balaban J connectivity index is 2.20. The number of nitrogens with zero attached hydrogens (tertiary/aromatic N) is 2. The van der Waals surface area contributed by atoms with E-state index >= 15 is 0 Å². The van der Waals surface area contributed by atoms with Crippen molar-refractivity contribution in [2.45, 2.75) is 6.92 Å². The molecule has 0 bridgehead atoms. The number of halogens is 1. The molecule has 0 radical (unpaired) electrons. The third kappa shape index (κ3) is 2.79. The molecule has 1 N–H and O–H groups in total. The standard InChI is InChI=1S/C12H10ClN3O/c1-8-10(3-2-5-14-8)12(17)16-11-7-9(13)4-6-15-11/h2-7H,1H3,(H,15,16,17). The molecule has 0 aliphatic heterocycles. The lowest BCUT2D eigenvalue weighted by molar-refractivity contribution is 0.102. The molecule has 0 saturated carbocycles. The molecule has 0 aliphatic rings. The van der Waals surface area contributed by atoms with Gasteiger partial charge in [-0.2, -0.15) is 0 Å². The first-order valence-electron chi connectivity index (χ1n) is 5.01. The Kier molecular flexibility index (Phi) is 3.35. The zero-order valence-corrected chi connectivity index (χ0v) is 9.90. The minimum atomic E-state index is -0.245. The highest BCUT2D eigenvalue weighted by Gasteiger charge is 2.09. The van der Waals surface area contributed by atoms with E-state index in [1.807, 2.05) is 0 Å². The summed E-state index contributed by atoms with van der Waals surface area (Å²) in [6.07, 6.45) is 3.18. The van der Waals surface area contributed by atoms with Crippen LogP contribution >= 0.6 is 11.6 Å². The van der Waals surface area contributed by atoms with Crippen molar-refractivity contribution in [1.82, 2.24) is 9.97 Å². The SMILES string of the molecule is Cc1ncccc1C(=O)Nc1cc(Cl)ccn1. The minimum Gasteiger partial charge on any atom is -0.306 e. The predicted molar refractivity (Wildman–Crippen MR) is 66.2 cm³/mol. The number of amides is 1. The number of nitrogens with one attached hydrogen (secondary N) is 1. The van der Waals surface area contributed by atoms with Crippen molar-refractivity contribution in [3.63, 3.8) is 0 Å². The molecular formula is C12H10ClN3O. The number of carbonyl (C=O) groups excluding carboxylic acids is 1. The van der Waals surface area contributed by atoms with E-state index in [1.165, 1.54) is 6.20 Å². The van der Waals surface area contributed by atoms with Crippen molar-refractivity contribution >= 4 is 23.3 Å². The highest BCUT2D eigenvalue weighted by molar-refractivity contribution is 6.30. The summed E-state index contributed by atoms with van der Waals surface area (Å²) in [5.41, 5.74) is 1.20. The number of hydrogen-bond acceptors (Lipinski definition) is 3. The number of pyridine rings is 2. The van der Waals surface area contributed by atoms with Crippen LogP contribution in [0.25, 0.3) is 0 Å². The molecule has 0 aliphatic carbocycles. The molecule has 2 aromatic rings. The normalized spacial score (nSPS) is 10.0. The zero-order chi connectivity index (χ0) is 12.3. The second-order valence-corrected chi connectivity index (χ2v) is 3.89. The van der Waals surface area contributed by atoms with Gasteiger partial charge in [0.15, 0.2) is 0 Å². The summed E-state index contributed by atoms with van der Waals surface area (Å²) in [6.45, 7) is 1.78. The van der Waals surface area contributed by atoms with E-state index in [9.17, 15) is 4.79 Å². The van der Waals surface area contributed by atoms with Crippen molar-refractivity contribution in [3.8, 4) is 0 Å². The number of hydrogen-bond donors (Lipinski definition) is 1. The molecule has 0 aromatic carbocycles. The number of aromatic nitrogens is 2. The quantitative estimate of drug-likeness (QED) is 0.888. The van der Waals surface area contributed by atoms with E-state index in [0.717, 1.165) is 0 Å². The van der Waals surface area contributed by atoms with Crippen LogP contribution in [0.2, 0.25) is 5.02 Å². The van der Waals surface area contributed by atoms with Crippen LogP contribution < -0.4 is 5.32 Å². The lowest BCUT2D eigenvalue weighted by Crippen LogP contribution is -2.14. The second kappa shape index (κ2) is 4.93. The van der Waals surface area contributed by atoms with Gasteiger partial charge in [0.2, 0.25) is 0 Å². The van der Waals surface area contributed by atoms with Gasteiger partial charge in [-0.05, 0) is 31.2 Å². The number of carbonyl (C=O) groups is 1. The predicted octanol–water partition coefficient (Wildman–Crippen LogP) is 2.69. The maximum atomic E-state index is 11.9. The number of rotatable bonds is 2. The molecule has 0 spiro atoms. The monoisotopic (exact) mass is 247 g/mol.